The van der Waals surface area contributed by atoms with Crippen molar-refractivity contribution in [3.8, 4) is 0 Å². The number of benzene rings is 1. The molecule has 0 aromatic heterocycles. The van der Waals surface area contributed by atoms with Crippen LogP contribution in [0.2, 0.25) is 0 Å². The molecule has 0 spiro atoms. The van der Waals surface area contributed by atoms with E-state index in [1.54, 1.807) is 0 Å². The van der Waals surface area contributed by atoms with Crippen LogP contribution in [0, 0.1) is 10.1 Å². The second kappa shape index (κ2) is 9.59. The Morgan fingerprint density at radius 3 is 2.56 bits per heavy atom. The molecule has 0 bridgehead atoms. The van der Waals surface area contributed by atoms with E-state index in [4.69, 9.17) is 9.47 Å². The fraction of sp³-hybridized carbons (Fsp3) is 0.526. The number of nitro groups is 1. The molecule has 0 amide bonds. The lowest BCUT2D eigenvalue weighted by Crippen LogP contribution is -2.41. The van der Waals surface area contributed by atoms with E-state index >= 15 is 0 Å². The van der Waals surface area contributed by atoms with Crippen molar-refractivity contribution in [1.29, 1.82) is 0 Å². The van der Waals surface area contributed by atoms with Crippen molar-refractivity contribution in [3.05, 3.63) is 52.6 Å². The maximum Gasteiger partial charge on any atom is 0.338 e. The number of rotatable bonds is 9. The third-order valence-corrected chi connectivity index (χ3v) is 4.67. The second-order valence-electron chi connectivity index (χ2n) is 6.53. The van der Waals surface area contributed by atoms with Gasteiger partial charge in [0.2, 0.25) is 0 Å². The smallest absolute Gasteiger partial charge is 0.338 e. The predicted octanol–water partition coefficient (Wildman–Crippen LogP) is 2.38. The number of nitrogens with zero attached hydrogens (tertiary/aromatic N) is 1. The number of ether oxygens (including phenoxy) is 2. The summed E-state index contributed by atoms with van der Waals surface area (Å²) >= 11 is 0. The highest BCUT2D eigenvalue weighted by atomic mass is 16.6. The molecule has 1 aromatic rings. The van der Waals surface area contributed by atoms with Crippen molar-refractivity contribution in [3.63, 3.8) is 0 Å². The Balaban J connectivity index is 2.02. The first-order valence-corrected chi connectivity index (χ1v) is 8.95. The summed E-state index contributed by atoms with van der Waals surface area (Å²) < 4.78 is 11.1. The molecule has 148 valence electrons. The summed E-state index contributed by atoms with van der Waals surface area (Å²) in [7, 11) is 0. The monoisotopic (exact) mass is 379 g/mol. The van der Waals surface area contributed by atoms with Crippen LogP contribution in [-0.4, -0.2) is 51.6 Å². The first-order valence-electron chi connectivity index (χ1n) is 8.95. The molecule has 1 heterocycles. The summed E-state index contributed by atoms with van der Waals surface area (Å²) in [5.41, 5.74) is 0.0163. The van der Waals surface area contributed by atoms with E-state index in [1.807, 2.05) is 6.92 Å². The molecule has 8 nitrogen and oxygen atoms in total. The molecule has 2 rings (SSSR count). The zero-order valence-corrected chi connectivity index (χ0v) is 15.2. The number of esters is 1. The summed E-state index contributed by atoms with van der Waals surface area (Å²) in [5.74, 6) is -0.695. The Kier molecular flexibility index (Phi) is 7.46. The normalized spacial score (nSPS) is 22.6. The first kappa shape index (κ1) is 21.0. The van der Waals surface area contributed by atoms with Gasteiger partial charge in [-0.2, -0.15) is 0 Å². The van der Waals surface area contributed by atoms with Gasteiger partial charge in [0.25, 0.3) is 5.69 Å². The second-order valence-corrected chi connectivity index (χ2v) is 6.53. The third-order valence-electron chi connectivity index (χ3n) is 4.67. The van der Waals surface area contributed by atoms with Gasteiger partial charge in [-0.25, -0.2) is 4.79 Å². The summed E-state index contributed by atoms with van der Waals surface area (Å²) in [5, 5.41) is 31.2. The van der Waals surface area contributed by atoms with E-state index in [2.05, 4.69) is 6.58 Å². The third kappa shape index (κ3) is 5.35. The van der Waals surface area contributed by atoms with E-state index < -0.39 is 35.3 Å². The van der Waals surface area contributed by atoms with Crippen molar-refractivity contribution in [2.45, 2.75) is 63.1 Å². The lowest BCUT2D eigenvalue weighted by molar-refractivity contribution is -0.384. The Bertz CT molecular complexity index is 661. The molecule has 0 radical (unpaired) electrons. The highest BCUT2D eigenvalue weighted by Gasteiger charge is 2.38. The molecule has 0 saturated carbocycles. The van der Waals surface area contributed by atoms with Gasteiger partial charge in [0, 0.05) is 18.6 Å². The van der Waals surface area contributed by atoms with Gasteiger partial charge in [-0.05, 0) is 31.4 Å². The molecule has 27 heavy (non-hydrogen) atoms. The van der Waals surface area contributed by atoms with E-state index in [1.165, 1.54) is 30.3 Å². The molecular formula is C19H25NO7. The quantitative estimate of drug-likeness (QED) is 0.292. The fourth-order valence-electron chi connectivity index (χ4n) is 3.07. The van der Waals surface area contributed by atoms with Gasteiger partial charge in [-0.1, -0.05) is 13.0 Å². The van der Waals surface area contributed by atoms with Gasteiger partial charge >= 0.3 is 5.97 Å². The lowest BCUT2D eigenvalue weighted by Gasteiger charge is -2.27. The number of carbonyl (C=O) groups is 1. The number of non-ortho nitro benzene ring substituents is 1. The SMILES string of the molecule is C=CCC(OC(=O)c1ccc([N+](=O)[O-])cc1)[C@H](O)[C@@H]1CC[C@H]([C@@H](O)CC)O1. The number of aliphatic hydroxyl groups excluding tert-OH is 2. The predicted molar refractivity (Wildman–Crippen MR) is 97.3 cm³/mol. The van der Waals surface area contributed by atoms with Gasteiger partial charge in [0.05, 0.1) is 28.8 Å². The van der Waals surface area contributed by atoms with Crippen molar-refractivity contribution in [2.24, 2.45) is 0 Å². The standard InChI is InChI=1S/C19H25NO7/c1-3-5-16(18(22)17-11-10-15(26-17)14(21)4-2)27-19(23)12-6-8-13(9-7-12)20(24)25/h3,6-9,14-18,21-22H,1,4-5,10-11H2,2H3/t14-,15+,16?,17-,18-/m0/s1. The minimum absolute atomic E-state index is 0.130. The van der Waals surface area contributed by atoms with Gasteiger partial charge in [0.1, 0.15) is 12.2 Å². The topological polar surface area (TPSA) is 119 Å². The maximum atomic E-state index is 12.3. The fourth-order valence-corrected chi connectivity index (χ4v) is 3.07. The van der Waals surface area contributed by atoms with Crippen LogP contribution in [0.15, 0.2) is 36.9 Å². The Labute approximate surface area is 157 Å². The van der Waals surface area contributed by atoms with Crippen molar-refractivity contribution in [2.75, 3.05) is 0 Å². The van der Waals surface area contributed by atoms with Crippen LogP contribution in [-0.2, 0) is 9.47 Å². The average Bonchev–Trinajstić information content (AvgIpc) is 3.16. The molecule has 1 aliphatic heterocycles. The van der Waals surface area contributed by atoms with Crippen LogP contribution < -0.4 is 0 Å². The molecule has 5 atom stereocenters. The molecule has 1 fully saturated rings. The number of hydrogen-bond donors (Lipinski definition) is 2. The molecule has 1 saturated heterocycles. The van der Waals surface area contributed by atoms with Crippen molar-refractivity contribution in [1.82, 2.24) is 0 Å². The number of hydrogen-bond acceptors (Lipinski definition) is 7. The summed E-state index contributed by atoms with van der Waals surface area (Å²) in [6.45, 7) is 5.47. The Morgan fingerprint density at radius 1 is 1.37 bits per heavy atom. The van der Waals surface area contributed by atoms with Gasteiger partial charge in [-0.3, -0.25) is 10.1 Å². The molecule has 1 aliphatic rings. The van der Waals surface area contributed by atoms with Crippen LogP contribution in [0.4, 0.5) is 5.69 Å². The van der Waals surface area contributed by atoms with E-state index in [0.717, 1.165) is 0 Å². The molecule has 0 aliphatic carbocycles. The molecular weight excluding hydrogens is 354 g/mol. The average molecular weight is 379 g/mol. The van der Waals surface area contributed by atoms with Gasteiger partial charge in [0.15, 0.2) is 0 Å². The summed E-state index contributed by atoms with van der Waals surface area (Å²) in [6, 6.07) is 5.04. The van der Waals surface area contributed by atoms with Crippen LogP contribution in [0.25, 0.3) is 0 Å². The largest absolute Gasteiger partial charge is 0.456 e. The molecule has 1 unspecified atom stereocenters. The van der Waals surface area contributed by atoms with Crippen LogP contribution in [0.5, 0.6) is 0 Å². The zero-order chi connectivity index (χ0) is 20.0. The Morgan fingerprint density at radius 2 is 2.00 bits per heavy atom. The van der Waals surface area contributed by atoms with Gasteiger partial charge in [-0.15, -0.1) is 6.58 Å². The summed E-state index contributed by atoms with van der Waals surface area (Å²) in [6.07, 6.45) is 0.0492. The van der Waals surface area contributed by atoms with Crippen LogP contribution in [0.3, 0.4) is 0 Å². The number of aliphatic hydroxyl groups is 2. The zero-order valence-electron chi connectivity index (χ0n) is 15.2. The van der Waals surface area contributed by atoms with Gasteiger partial charge < -0.3 is 19.7 Å². The number of carbonyl (C=O) groups excluding carboxylic acids is 1. The minimum Gasteiger partial charge on any atom is -0.456 e. The maximum absolute atomic E-state index is 12.3. The van der Waals surface area contributed by atoms with E-state index in [9.17, 15) is 25.1 Å². The lowest BCUT2D eigenvalue weighted by atomic mass is 10.0. The van der Waals surface area contributed by atoms with Crippen molar-refractivity contribution < 1.29 is 29.4 Å². The Hall–Kier alpha value is -2.29. The molecule has 1 aromatic carbocycles. The highest BCUT2D eigenvalue weighted by Crippen LogP contribution is 2.28. The highest BCUT2D eigenvalue weighted by molar-refractivity contribution is 5.89. The van der Waals surface area contributed by atoms with Crippen LogP contribution >= 0.6 is 0 Å². The number of nitro benzene ring substituents is 1. The molecule has 2 N–H and O–H groups in total. The van der Waals surface area contributed by atoms with Crippen LogP contribution in [0.1, 0.15) is 43.0 Å². The van der Waals surface area contributed by atoms with E-state index in [0.29, 0.717) is 19.3 Å². The first-order chi connectivity index (χ1) is 12.9. The summed E-state index contributed by atoms with van der Waals surface area (Å²) in [4.78, 5) is 22.5. The molecule has 8 heteroatoms. The van der Waals surface area contributed by atoms with Crippen molar-refractivity contribution >= 4 is 11.7 Å². The van der Waals surface area contributed by atoms with E-state index in [-0.39, 0.29) is 23.8 Å². The minimum atomic E-state index is -1.07.